The summed E-state index contributed by atoms with van der Waals surface area (Å²) in [6.45, 7) is 1.18. The van der Waals surface area contributed by atoms with E-state index in [4.69, 9.17) is 10.5 Å². The summed E-state index contributed by atoms with van der Waals surface area (Å²) < 4.78 is 5.95. The number of hydrogen-bond donors (Lipinski definition) is 3. The maximum Gasteiger partial charge on any atom is 0.184 e. The summed E-state index contributed by atoms with van der Waals surface area (Å²) in [6, 6.07) is 23.8. The lowest BCUT2D eigenvalue weighted by Gasteiger charge is -2.37. The number of aliphatic hydroxyl groups is 1. The number of hydrogen-bond acceptors (Lipinski definition) is 7. The average molecular weight is 512 g/mol. The van der Waals surface area contributed by atoms with Crippen LogP contribution in [0, 0.1) is 5.92 Å². The summed E-state index contributed by atoms with van der Waals surface area (Å²) in [4.78, 5) is 19.4. The fourth-order valence-corrected chi connectivity index (χ4v) is 5.19. The summed E-state index contributed by atoms with van der Waals surface area (Å²) in [5, 5.41) is 23.0. The van der Waals surface area contributed by atoms with Gasteiger partial charge in [0.1, 0.15) is 24.3 Å². The van der Waals surface area contributed by atoms with Crippen molar-refractivity contribution in [2.45, 2.75) is 38.1 Å². The van der Waals surface area contributed by atoms with E-state index in [1.807, 2.05) is 59.5 Å². The number of pyridine rings is 1. The van der Waals surface area contributed by atoms with Crippen LogP contribution in [0.5, 0.6) is 11.5 Å². The van der Waals surface area contributed by atoms with Crippen molar-refractivity contribution in [1.82, 2.24) is 9.88 Å². The van der Waals surface area contributed by atoms with E-state index in [1.54, 1.807) is 18.3 Å². The van der Waals surface area contributed by atoms with Gasteiger partial charge in [-0.05, 0) is 66.5 Å². The van der Waals surface area contributed by atoms with E-state index in [0.717, 1.165) is 23.9 Å². The largest absolute Gasteiger partial charge is 0.507 e. The molecule has 1 saturated heterocycles. The highest BCUT2D eigenvalue weighted by Gasteiger charge is 2.30. The molecule has 0 bridgehead atoms. The van der Waals surface area contributed by atoms with E-state index < -0.39 is 12.3 Å². The smallest absolute Gasteiger partial charge is 0.184 e. The van der Waals surface area contributed by atoms with Gasteiger partial charge in [0.05, 0.1) is 17.3 Å². The molecule has 4 N–H and O–H groups in total. The standard InChI is InChI=1S/C31H33N3O4/c32-27(19-34-14-12-22(16-30(34)36)15-21-7-2-1-3-8-21)31(37)26-17-23-9-6-11-29(25(23)18-28(26)35)38-20-24-10-4-5-13-33-24/h1-11,13,17-18,22,27,30,35-36H,12,14-16,19-20,32H2. The SMILES string of the molecule is NC(CN1CCC(Cc2ccccc2)CC1O)C(=O)c1cc2cccc(OCc3ccccn3)c2cc1O. The molecule has 7 nitrogen and oxygen atoms in total. The molecule has 7 heteroatoms. The van der Waals surface area contributed by atoms with E-state index in [-0.39, 0.29) is 30.2 Å². The number of piperidine rings is 1. The summed E-state index contributed by atoms with van der Waals surface area (Å²) in [5.74, 6) is 0.471. The predicted molar refractivity (Wildman–Crippen MR) is 147 cm³/mol. The molecule has 3 atom stereocenters. The number of ether oxygens (including phenoxy) is 1. The Morgan fingerprint density at radius 2 is 1.89 bits per heavy atom. The monoisotopic (exact) mass is 511 g/mol. The third-order valence-corrected chi connectivity index (χ3v) is 7.25. The van der Waals surface area contributed by atoms with Crippen molar-refractivity contribution < 1.29 is 19.7 Å². The number of carbonyl (C=O) groups excluding carboxylic acids is 1. The first-order valence-electron chi connectivity index (χ1n) is 13.0. The summed E-state index contributed by atoms with van der Waals surface area (Å²) in [5.41, 5.74) is 8.53. The number of ketones is 1. The highest BCUT2D eigenvalue weighted by Crippen LogP contribution is 2.33. The van der Waals surface area contributed by atoms with Crippen LogP contribution < -0.4 is 10.5 Å². The molecule has 1 aromatic heterocycles. The fourth-order valence-electron chi connectivity index (χ4n) is 5.19. The first-order chi connectivity index (χ1) is 18.5. The van der Waals surface area contributed by atoms with Gasteiger partial charge in [0, 0.05) is 24.7 Å². The molecule has 3 aromatic carbocycles. The Kier molecular flexibility index (Phi) is 7.98. The Morgan fingerprint density at radius 1 is 1.08 bits per heavy atom. The molecule has 1 aliphatic rings. The molecule has 0 spiro atoms. The lowest BCUT2D eigenvalue weighted by atomic mass is 9.89. The third kappa shape index (κ3) is 6.02. The number of aliphatic hydroxyl groups excluding tert-OH is 1. The van der Waals surface area contributed by atoms with Crippen LogP contribution in [0.3, 0.4) is 0 Å². The zero-order valence-corrected chi connectivity index (χ0v) is 21.2. The van der Waals surface area contributed by atoms with Crippen molar-refractivity contribution in [3.8, 4) is 11.5 Å². The second-order valence-electron chi connectivity index (χ2n) is 9.98. The van der Waals surface area contributed by atoms with Gasteiger partial charge in [-0.15, -0.1) is 0 Å². The number of phenolic OH excluding ortho intramolecular Hbond substituents is 1. The first-order valence-corrected chi connectivity index (χ1v) is 13.0. The molecule has 0 saturated carbocycles. The van der Waals surface area contributed by atoms with Crippen LogP contribution >= 0.6 is 0 Å². The lowest BCUT2D eigenvalue weighted by molar-refractivity contribution is -0.0435. The molecule has 0 radical (unpaired) electrons. The number of nitrogens with two attached hydrogens (primary N) is 1. The minimum Gasteiger partial charge on any atom is -0.507 e. The number of aromatic hydroxyl groups is 1. The Bertz CT molecular complexity index is 1380. The first kappa shape index (κ1) is 25.9. The number of benzene rings is 3. The topological polar surface area (TPSA) is 109 Å². The number of rotatable bonds is 9. The summed E-state index contributed by atoms with van der Waals surface area (Å²) >= 11 is 0. The molecule has 1 fully saturated rings. The zero-order chi connectivity index (χ0) is 26.5. The van der Waals surface area contributed by atoms with E-state index >= 15 is 0 Å². The van der Waals surface area contributed by atoms with Crippen molar-refractivity contribution >= 4 is 16.6 Å². The van der Waals surface area contributed by atoms with Crippen molar-refractivity contribution in [2.75, 3.05) is 13.1 Å². The van der Waals surface area contributed by atoms with Crippen molar-refractivity contribution in [3.63, 3.8) is 0 Å². The van der Waals surface area contributed by atoms with Crippen LogP contribution in [0.15, 0.2) is 85.1 Å². The van der Waals surface area contributed by atoms with Gasteiger partial charge >= 0.3 is 0 Å². The Labute approximate surface area is 222 Å². The van der Waals surface area contributed by atoms with E-state index in [1.165, 1.54) is 5.56 Å². The number of nitrogens with zero attached hydrogens (tertiary/aromatic N) is 2. The van der Waals surface area contributed by atoms with Gasteiger partial charge in [-0.3, -0.25) is 14.7 Å². The Balaban J connectivity index is 1.23. The minimum atomic E-state index is -0.873. The normalized spacial score (nSPS) is 18.8. The highest BCUT2D eigenvalue weighted by molar-refractivity contribution is 6.06. The Hall–Kier alpha value is -3.78. The molecular weight excluding hydrogens is 478 g/mol. The van der Waals surface area contributed by atoms with Crippen LogP contribution in [0.4, 0.5) is 0 Å². The molecule has 2 heterocycles. The molecule has 0 amide bonds. The number of likely N-dealkylation sites (tertiary alicyclic amines) is 1. The van der Waals surface area contributed by atoms with Gasteiger partial charge in [0.25, 0.3) is 0 Å². The van der Waals surface area contributed by atoms with Gasteiger partial charge in [0.2, 0.25) is 0 Å². The molecule has 1 aliphatic heterocycles. The number of carbonyl (C=O) groups is 1. The average Bonchev–Trinajstić information content (AvgIpc) is 2.94. The minimum absolute atomic E-state index is 0.144. The molecule has 38 heavy (non-hydrogen) atoms. The van der Waals surface area contributed by atoms with E-state index in [0.29, 0.717) is 30.0 Å². The third-order valence-electron chi connectivity index (χ3n) is 7.25. The predicted octanol–water partition coefficient (Wildman–Crippen LogP) is 4.30. The lowest BCUT2D eigenvalue weighted by Crippen LogP contribution is -2.50. The molecular formula is C31H33N3O4. The molecule has 196 valence electrons. The fraction of sp³-hybridized carbons (Fsp3) is 0.290. The van der Waals surface area contributed by atoms with Crippen molar-refractivity contribution in [3.05, 3.63) is 102 Å². The van der Waals surface area contributed by atoms with E-state index in [9.17, 15) is 15.0 Å². The number of aromatic nitrogens is 1. The Morgan fingerprint density at radius 3 is 2.66 bits per heavy atom. The van der Waals surface area contributed by atoms with Crippen LogP contribution in [-0.2, 0) is 13.0 Å². The molecule has 5 rings (SSSR count). The van der Waals surface area contributed by atoms with Gasteiger partial charge < -0.3 is 20.7 Å². The van der Waals surface area contributed by atoms with E-state index in [2.05, 4.69) is 17.1 Å². The summed E-state index contributed by atoms with van der Waals surface area (Å²) in [7, 11) is 0. The molecule has 4 aromatic rings. The van der Waals surface area contributed by atoms with Gasteiger partial charge in [-0.1, -0.05) is 48.5 Å². The van der Waals surface area contributed by atoms with Crippen LogP contribution in [-0.4, -0.2) is 51.2 Å². The second-order valence-corrected chi connectivity index (χ2v) is 9.98. The van der Waals surface area contributed by atoms with Gasteiger partial charge in [0.15, 0.2) is 5.78 Å². The molecule has 0 aliphatic carbocycles. The molecule has 3 unspecified atom stereocenters. The maximum absolute atomic E-state index is 13.3. The van der Waals surface area contributed by atoms with Gasteiger partial charge in [-0.25, -0.2) is 0 Å². The second kappa shape index (κ2) is 11.7. The summed E-state index contributed by atoms with van der Waals surface area (Å²) in [6.07, 6.45) is 3.55. The zero-order valence-electron chi connectivity index (χ0n) is 21.2. The quantitative estimate of drug-likeness (QED) is 0.288. The number of fused-ring (bicyclic) bond motifs is 1. The van der Waals surface area contributed by atoms with Crippen LogP contribution in [0.2, 0.25) is 0 Å². The van der Waals surface area contributed by atoms with Crippen molar-refractivity contribution in [2.24, 2.45) is 11.7 Å². The van der Waals surface area contributed by atoms with Crippen LogP contribution in [0.25, 0.3) is 10.8 Å². The van der Waals surface area contributed by atoms with Crippen molar-refractivity contribution in [1.29, 1.82) is 0 Å². The number of Topliss-reactive ketones (excluding diaryl/α,β-unsaturated/α-hetero) is 1. The maximum atomic E-state index is 13.3. The van der Waals surface area contributed by atoms with Gasteiger partial charge in [-0.2, -0.15) is 0 Å². The van der Waals surface area contributed by atoms with Crippen LogP contribution in [0.1, 0.15) is 34.5 Å². The highest BCUT2D eigenvalue weighted by atomic mass is 16.5. The number of phenols is 1.